The van der Waals surface area contributed by atoms with Crippen molar-refractivity contribution in [2.24, 2.45) is 25.9 Å². The second-order valence-electron chi connectivity index (χ2n) is 18.2. The van der Waals surface area contributed by atoms with Gasteiger partial charge in [-0.25, -0.2) is 13.8 Å². The average Bonchev–Trinajstić information content (AvgIpc) is 4.06. The number of amides is 2. The minimum atomic E-state index is -3.14. The standard InChI is InChI=1S/C45H52ClF2N11O4/c1-24-20-58(21-25(2)59(24)22-26-14-16-57(17-15-26)34-7-5-6-29-36(54-56(4)38(29)34)30-11-13-35(60)51-42(30)61)44-49-19-32(46)41(53-44)50-28-10-12-33-31(18-28)37-39(43(62)55(33)3)63-23-45(47,48)40(52-37)27-8-9-27/h5-7,10,12,18-19,24-27,30,40,52H,8-9,11,13-17,20-23H2,1-4H3,(H,49,50,53)(H,51,60,61)/t24-,25+,30?,40-/m0/s1. The van der Waals surface area contributed by atoms with Crippen LogP contribution in [0.4, 0.5) is 37.6 Å². The van der Waals surface area contributed by atoms with E-state index in [1.807, 2.05) is 36.0 Å². The maximum atomic E-state index is 15.2. The number of carbonyl (C=O) groups excluding carboxylic acids is 2. The first-order valence-corrected chi connectivity index (χ1v) is 22.4. The fraction of sp³-hybridized carbons (Fsp3) is 0.511. The average molecular weight is 884 g/mol. The van der Waals surface area contributed by atoms with Crippen molar-refractivity contribution in [3.8, 4) is 5.75 Å². The highest BCUT2D eigenvalue weighted by molar-refractivity contribution is 6.33. The van der Waals surface area contributed by atoms with Crippen molar-refractivity contribution in [2.45, 2.75) is 82.3 Å². The fourth-order valence-corrected chi connectivity index (χ4v) is 10.5. The molecule has 0 spiro atoms. The monoisotopic (exact) mass is 883 g/mol. The van der Waals surface area contributed by atoms with Crippen LogP contribution in [-0.4, -0.2) is 104 Å². The molecule has 332 valence electrons. The van der Waals surface area contributed by atoms with E-state index < -0.39 is 30.0 Å². The van der Waals surface area contributed by atoms with Crippen LogP contribution in [-0.2, 0) is 23.7 Å². The summed E-state index contributed by atoms with van der Waals surface area (Å²) in [6, 6.07) is 10.9. The van der Waals surface area contributed by atoms with Crippen LogP contribution in [0.15, 0.2) is 47.4 Å². The first-order valence-electron chi connectivity index (χ1n) is 22.0. The molecule has 10 rings (SSSR count). The van der Waals surface area contributed by atoms with Crippen molar-refractivity contribution in [3.05, 3.63) is 63.7 Å². The molecule has 4 atom stereocenters. The van der Waals surface area contributed by atoms with Crippen LogP contribution >= 0.6 is 11.6 Å². The number of carbonyl (C=O) groups is 2. The number of rotatable bonds is 8. The molecule has 3 N–H and O–H groups in total. The van der Waals surface area contributed by atoms with Gasteiger partial charge in [-0.15, -0.1) is 0 Å². The zero-order chi connectivity index (χ0) is 43.9. The Morgan fingerprint density at radius 3 is 2.46 bits per heavy atom. The van der Waals surface area contributed by atoms with Gasteiger partial charge in [0.1, 0.15) is 5.02 Å². The lowest BCUT2D eigenvalue weighted by molar-refractivity contribution is -0.134. The number of halogens is 3. The Kier molecular flexibility index (Phi) is 10.5. The fourth-order valence-electron chi connectivity index (χ4n) is 10.4. The van der Waals surface area contributed by atoms with E-state index in [1.165, 1.54) is 4.57 Å². The molecule has 7 heterocycles. The molecular weight excluding hydrogens is 832 g/mol. The number of hydrogen-bond donors (Lipinski definition) is 3. The Morgan fingerprint density at radius 1 is 0.968 bits per heavy atom. The molecule has 4 aliphatic heterocycles. The van der Waals surface area contributed by atoms with E-state index in [2.05, 4.69) is 55.5 Å². The van der Waals surface area contributed by atoms with Gasteiger partial charge in [-0.3, -0.25) is 29.3 Å². The van der Waals surface area contributed by atoms with Gasteiger partial charge in [0.2, 0.25) is 23.5 Å². The first kappa shape index (κ1) is 41.5. The number of imide groups is 1. The van der Waals surface area contributed by atoms with Gasteiger partial charge in [0, 0.05) is 81.8 Å². The molecule has 0 radical (unpaired) electrons. The van der Waals surface area contributed by atoms with Crippen LogP contribution < -0.4 is 36.0 Å². The van der Waals surface area contributed by atoms with Gasteiger partial charge in [-0.1, -0.05) is 23.7 Å². The van der Waals surface area contributed by atoms with Crippen LogP contribution in [0.3, 0.4) is 0 Å². The molecule has 3 saturated heterocycles. The number of nitrogens with one attached hydrogen (secondary N) is 3. The number of para-hydroxylation sites is 1. The van der Waals surface area contributed by atoms with Crippen molar-refractivity contribution >= 4 is 74.0 Å². The van der Waals surface area contributed by atoms with E-state index in [-0.39, 0.29) is 41.3 Å². The summed E-state index contributed by atoms with van der Waals surface area (Å²) >= 11 is 6.69. The summed E-state index contributed by atoms with van der Waals surface area (Å²) in [5.41, 5.74) is 3.85. The van der Waals surface area contributed by atoms with E-state index in [4.69, 9.17) is 26.4 Å². The van der Waals surface area contributed by atoms with Crippen LogP contribution in [0.25, 0.3) is 21.8 Å². The number of pyridine rings is 1. The van der Waals surface area contributed by atoms with Gasteiger partial charge in [-0.2, -0.15) is 10.1 Å². The minimum Gasteiger partial charge on any atom is -0.480 e. The summed E-state index contributed by atoms with van der Waals surface area (Å²) in [7, 11) is 3.54. The predicted molar refractivity (Wildman–Crippen MR) is 239 cm³/mol. The number of aromatic nitrogens is 5. The number of fused-ring (bicyclic) bond motifs is 4. The number of piperidine rings is 2. The zero-order valence-electron chi connectivity index (χ0n) is 35.8. The maximum Gasteiger partial charge on any atom is 0.301 e. The summed E-state index contributed by atoms with van der Waals surface area (Å²) in [6.45, 7) is 7.93. The SMILES string of the molecule is C[C@@H]1CN(c2ncc(Cl)c(Nc3ccc4c(c3)c3c(c(=O)n4C)OCC(F)(F)[C@H](C4CC4)N3)n2)C[C@H](C)N1CC1CCN(c2cccc3c(C4CCC(=O)NC4=O)nn(C)c23)CC1. The van der Waals surface area contributed by atoms with Crippen LogP contribution in [0, 0.1) is 11.8 Å². The van der Waals surface area contributed by atoms with Crippen molar-refractivity contribution < 1.29 is 23.1 Å². The van der Waals surface area contributed by atoms with Crippen LogP contribution in [0.1, 0.15) is 64.0 Å². The molecule has 1 saturated carbocycles. The van der Waals surface area contributed by atoms with Gasteiger partial charge in [0.05, 0.1) is 46.3 Å². The van der Waals surface area contributed by atoms with Crippen molar-refractivity contribution in [1.82, 2.24) is 34.5 Å². The van der Waals surface area contributed by atoms with E-state index in [0.29, 0.717) is 65.0 Å². The highest BCUT2D eigenvalue weighted by atomic mass is 35.5. The van der Waals surface area contributed by atoms with Gasteiger partial charge in [0.25, 0.3) is 5.56 Å². The number of anilines is 5. The molecule has 15 nitrogen and oxygen atoms in total. The summed E-state index contributed by atoms with van der Waals surface area (Å²) in [5, 5.41) is 15.5. The van der Waals surface area contributed by atoms with Crippen LogP contribution in [0.5, 0.6) is 5.75 Å². The smallest absolute Gasteiger partial charge is 0.301 e. The third kappa shape index (κ3) is 7.59. The van der Waals surface area contributed by atoms with Crippen molar-refractivity contribution in [1.29, 1.82) is 0 Å². The molecule has 18 heteroatoms. The van der Waals surface area contributed by atoms with Gasteiger partial charge in [-0.05, 0) is 82.1 Å². The Bertz CT molecular complexity index is 2690. The Hall–Kier alpha value is -5.55. The third-order valence-electron chi connectivity index (χ3n) is 13.9. The number of piperazine rings is 1. The van der Waals surface area contributed by atoms with Gasteiger partial charge >= 0.3 is 5.92 Å². The largest absolute Gasteiger partial charge is 0.480 e. The molecule has 3 aromatic heterocycles. The summed E-state index contributed by atoms with van der Waals surface area (Å²) in [5.74, 6) is -2.88. The molecular formula is C45H52ClF2N11O4. The first-order chi connectivity index (χ1) is 30.2. The van der Waals surface area contributed by atoms with E-state index >= 15 is 8.78 Å². The quantitative estimate of drug-likeness (QED) is 0.153. The molecule has 5 aromatic rings. The number of benzene rings is 2. The van der Waals surface area contributed by atoms with Crippen LogP contribution in [0.2, 0.25) is 5.02 Å². The molecule has 0 bridgehead atoms. The van der Waals surface area contributed by atoms with E-state index in [1.54, 1.807) is 19.3 Å². The van der Waals surface area contributed by atoms with E-state index in [0.717, 1.165) is 67.8 Å². The van der Waals surface area contributed by atoms with Gasteiger partial charge in [0.15, 0.2) is 12.4 Å². The minimum absolute atomic E-state index is 0.109. The summed E-state index contributed by atoms with van der Waals surface area (Å²) < 4.78 is 39.3. The lowest BCUT2D eigenvalue weighted by atomic mass is 9.92. The molecule has 4 fully saturated rings. The molecule has 1 unspecified atom stereocenters. The molecule has 2 aromatic carbocycles. The zero-order valence-corrected chi connectivity index (χ0v) is 36.6. The highest BCUT2D eigenvalue weighted by Crippen LogP contribution is 2.46. The Balaban J connectivity index is 0.805. The number of nitrogens with zero attached hydrogens (tertiary/aromatic N) is 8. The number of ether oxygens (including phenoxy) is 1. The predicted octanol–water partition coefficient (Wildman–Crippen LogP) is 6.17. The summed E-state index contributed by atoms with van der Waals surface area (Å²) in [6.07, 6.45) is 5.87. The molecule has 5 aliphatic rings. The molecule has 63 heavy (non-hydrogen) atoms. The summed E-state index contributed by atoms with van der Waals surface area (Å²) in [4.78, 5) is 54.6. The lowest BCUT2D eigenvalue weighted by Gasteiger charge is -2.46. The topological polar surface area (TPSA) is 155 Å². The normalized spacial score (nSPS) is 24.5. The number of alkyl halides is 2. The third-order valence-corrected chi connectivity index (χ3v) is 14.1. The Labute approximate surface area is 368 Å². The second-order valence-corrected chi connectivity index (χ2v) is 18.6. The van der Waals surface area contributed by atoms with E-state index in [9.17, 15) is 14.4 Å². The maximum absolute atomic E-state index is 15.2. The van der Waals surface area contributed by atoms with Gasteiger partial charge < -0.3 is 29.7 Å². The van der Waals surface area contributed by atoms with Crippen molar-refractivity contribution in [3.63, 3.8) is 0 Å². The Morgan fingerprint density at radius 2 is 1.73 bits per heavy atom. The second kappa shape index (κ2) is 15.9. The molecule has 1 aliphatic carbocycles. The molecule has 2 amide bonds. The number of hydrogen-bond acceptors (Lipinski definition) is 12. The lowest BCUT2D eigenvalue weighted by Crippen LogP contribution is -2.58. The van der Waals surface area contributed by atoms with Crippen molar-refractivity contribution in [2.75, 3.05) is 59.8 Å². The highest BCUT2D eigenvalue weighted by Gasteiger charge is 2.51. The number of aryl methyl sites for hydroxylation is 2.